The molecule has 1 rings (SSSR count). The highest BCUT2D eigenvalue weighted by atomic mass is 16.5. The molecule has 0 unspecified atom stereocenters. The van der Waals surface area contributed by atoms with Crippen LogP contribution in [0.25, 0.3) is 0 Å². The lowest BCUT2D eigenvalue weighted by molar-refractivity contribution is -0.121. The van der Waals surface area contributed by atoms with Crippen LogP contribution >= 0.6 is 0 Å². The molecule has 20 heavy (non-hydrogen) atoms. The van der Waals surface area contributed by atoms with E-state index in [4.69, 9.17) is 4.74 Å². The fourth-order valence-electron chi connectivity index (χ4n) is 2.33. The van der Waals surface area contributed by atoms with E-state index >= 15 is 0 Å². The molecule has 0 aliphatic heterocycles. The van der Waals surface area contributed by atoms with E-state index in [0.717, 1.165) is 12.8 Å². The van der Waals surface area contributed by atoms with E-state index in [0.29, 0.717) is 38.1 Å². The molecule has 0 aromatic heterocycles. The van der Waals surface area contributed by atoms with Gasteiger partial charge in [-0.1, -0.05) is 19.3 Å². The van der Waals surface area contributed by atoms with Crippen molar-refractivity contribution in [1.29, 1.82) is 0 Å². The van der Waals surface area contributed by atoms with Crippen molar-refractivity contribution in [1.82, 2.24) is 16.0 Å². The summed E-state index contributed by atoms with van der Waals surface area (Å²) in [6, 6.07) is 0.385. The van der Waals surface area contributed by atoms with Crippen molar-refractivity contribution in [3.8, 4) is 0 Å². The molecule has 0 atom stereocenters. The maximum absolute atomic E-state index is 11.8. The molecule has 1 aliphatic rings. The van der Waals surface area contributed by atoms with Gasteiger partial charge in [-0.2, -0.15) is 0 Å². The maximum atomic E-state index is 11.8. The van der Waals surface area contributed by atoms with Crippen LogP contribution in [0.4, 0.5) is 0 Å². The van der Waals surface area contributed by atoms with E-state index in [-0.39, 0.29) is 5.91 Å². The Balaban J connectivity index is 2.10. The topological polar surface area (TPSA) is 74.8 Å². The second-order valence-corrected chi connectivity index (χ2v) is 5.07. The SMILES string of the molecule is CN=C(NCCOC)NCCC(=O)NC1CCCCC1. The number of hydrogen-bond acceptors (Lipinski definition) is 3. The molecule has 0 aromatic rings. The zero-order chi connectivity index (χ0) is 14.6. The van der Waals surface area contributed by atoms with E-state index in [1.165, 1.54) is 19.3 Å². The van der Waals surface area contributed by atoms with Crippen molar-refractivity contribution >= 4 is 11.9 Å². The highest BCUT2D eigenvalue weighted by Crippen LogP contribution is 2.17. The Morgan fingerprint density at radius 1 is 1.20 bits per heavy atom. The lowest BCUT2D eigenvalue weighted by Crippen LogP contribution is -2.42. The highest BCUT2D eigenvalue weighted by molar-refractivity contribution is 5.81. The predicted octanol–water partition coefficient (Wildman–Crippen LogP) is 0.637. The number of ether oxygens (including phenoxy) is 1. The van der Waals surface area contributed by atoms with Crippen LogP contribution in [0.1, 0.15) is 38.5 Å². The molecule has 0 spiro atoms. The van der Waals surface area contributed by atoms with Gasteiger partial charge >= 0.3 is 0 Å². The second-order valence-electron chi connectivity index (χ2n) is 5.07. The summed E-state index contributed by atoms with van der Waals surface area (Å²) in [6.07, 6.45) is 6.50. The molecule has 0 bridgehead atoms. The molecule has 6 heteroatoms. The molecule has 116 valence electrons. The smallest absolute Gasteiger partial charge is 0.221 e. The Labute approximate surface area is 121 Å². The van der Waals surface area contributed by atoms with Gasteiger partial charge in [-0.05, 0) is 12.8 Å². The van der Waals surface area contributed by atoms with Gasteiger partial charge in [0.25, 0.3) is 0 Å². The highest BCUT2D eigenvalue weighted by Gasteiger charge is 2.15. The summed E-state index contributed by atoms with van der Waals surface area (Å²) >= 11 is 0. The van der Waals surface area contributed by atoms with Crippen LogP contribution in [-0.4, -0.2) is 51.8 Å². The van der Waals surface area contributed by atoms with Crippen LogP contribution in [0.3, 0.4) is 0 Å². The van der Waals surface area contributed by atoms with Crippen molar-refractivity contribution in [3.63, 3.8) is 0 Å². The average Bonchev–Trinajstić information content (AvgIpc) is 2.47. The normalized spacial score (nSPS) is 16.8. The molecule has 0 aromatic carbocycles. The van der Waals surface area contributed by atoms with E-state index in [1.54, 1.807) is 14.2 Å². The van der Waals surface area contributed by atoms with Gasteiger partial charge in [0.2, 0.25) is 5.91 Å². The molecule has 1 aliphatic carbocycles. The quantitative estimate of drug-likeness (QED) is 0.364. The number of methoxy groups -OCH3 is 1. The summed E-state index contributed by atoms with van der Waals surface area (Å²) in [7, 11) is 3.37. The molecule has 0 saturated heterocycles. The Hall–Kier alpha value is -1.30. The molecule has 1 amide bonds. The monoisotopic (exact) mass is 284 g/mol. The van der Waals surface area contributed by atoms with E-state index in [2.05, 4.69) is 20.9 Å². The third-order valence-electron chi connectivity index (χ3n) is 3.44. The van der Waals surface area contributed by atoms with Crippen LogP contribution in [0.15, 0.2) is 4.99 Å². The second kappa shape index (κ2) is 10.5. The van der Waals surface area contributed by atoms with Gasteiger partial charge in [-0.25, -0.2) is 0 Å². The van der Waals surface area contributed by atoms with Gasteiger partial charge in [-0.3, -0.25) is 9.79 Å². The minimum Gasteiger partial charge on any atom is -0.383 e. The van der Waals surface area contributed by atoms with Crippen LogP contribution in [0, 0.1) is 0 Å². The predicted molar refractivity (Wildman–Crippen MR) is 80.9 cm³/mol. The zero-order valence-electron chi connectivity index (χ0n) is 12.7. The first-order chi connectivity index (χ1) is 9.76. The van der Waals surface area contributed by atoms with Crippen molar-refractivity contribution in [2.75, 3.05) is 33.9 Å². The maximum Gasteiger partial charge on any atom is 0.221 e. The lowest BCUT2D eigenvalue weighted by Gasteiger charge is -2.22. The number of rotatable bonds is 7. The first kappa shape index (κ1) is 16.8. The largest absolute Gasteiger partial charge is 0.383 e. The van der Waals surface area contributed by atoms with Crippen molar-refractivity contribution in [2.45, 2.75) is 44.6 Å². The number of nitrogens with one attached hydrogen (secondary N) is 3. The number of carbonyl (C=O) groups excluding carboxylic acids is 1. The number of hydrogen-bond donors (Lipinski definition) is 3. The van der Waals surface area contributed by atoms with Gasteiger partial charge in [0.15, 0.2) is 5.96 Å². The standard InChI is InChI=1S/C14H28N4O2/c1-15-14(17-10-11-20-2)16-9-8-13(19)18-12-6-4-3-5-7-12/h12H,3-11H2,1-2H3,(H,18,19)(H2,15,16,17). The Morgan fingerprint density at radius 2 is 1.90 bits per heavy atom. The van der Waals surface area contributed by atoms with E-state index < -0.39 is 0 Å². The number of nitrogens with zero attached hydrogens (tertiary/aromatic N) is 1. The fourth-order valence-corrected chi connectivity index (χ4v) is 2.33. The molecule has 0 heterocycles. The Morgan fingerprint density at radius 3 is 2.55 bits per heavy atom. The summed E-state index contributed by atoms with van der Waals surface area (Å²) in [5.74, 6) is 0.823. The van der Waals surface area contributed by atoms with Crippen LogP contribution in [-0.2, 0) is 9.53 Å². The molecule has 6 nitrogen and oxygen atoms in total. The number of amides is 1. The minimum atomic E-state index is 0.122. The summed E-state index contributed by atoms with van der Waals surface area (Å²) in [5.41, 5.74) is 0. The molecule has 1 saturated carbocycles. The molecule has 1 fully saturated rings. The van der Waals surface area contributed by atoms with Crippen LogP contribution in [0.2, 0.25) is 0 Å². The van der Waals surface area contributed by atoms with Crippen LogP contribution in [0.5, 0.6) is 0 Å². The van der Waals surface area contributed by atoms with Gasteiger partial charge in [-0.15, -0.1) is 0 Å². The minimum absolute atomic E-state index is 0.122. The van der Waals surface area contributed by atoms with Crippen molar-refractivity contribution in [3.05, 3.63) is 0 Å². The van der Waals surface area contributed by atoms with Gasteiger partial charge in [0.05, 0.1) is 6.61 Å². The van der Waals surface area contributed by atoms with E-state index in [9.17, 15) is 4.79 Å². The molecular weight excluding hydrogens is 256 g/mol. The van der Waals surface area contributed by atoms with Crippen molar-refractivity contribution in [2.24, 2.45) is 4.99 Å². The first-order valence-electron chi connectivity index (χ1n) is 7.49. The summed E-state index contributed by atoms with van der Waals surface area (Å²) < 4.78 is 4.95. The van der Waals surface area contributed by atoms with Crippen molar-refractivity contribution < 1.29 is 9.53 Å². The fraction of sp³-hybridized carbons (Fsp3) is 0.857. The average molecular weight is 284 g/mol. The Kier molecular flexibility index (Phi) is 8.78. The first-order valence-corrected chi connectivity index (χ1v) is 7.49. The third kappa shape index (κ3) is 7.33. The number of guanidine groups is 1. The summed E-state index contributed by atoms with van der Waals surface area (Å²) in [4.78, 5) is 15.9. The Bertz CT molecular complexity index is 302. The summed E-state index contributed by atoms with van der Waals surface area (Å²) in [6.45, 7) is 1.92. The van der Waals surface area contributed by atoms with Crippen LogP contribution < -0.4 is 16.0 Å². The van der Waals surface area contributed by atoms with E-state index in [1.807, 2.05) is 0 Å². The van der Waals surface area contributed by atoms with Gasteiger partial charge in [0.1, 0.15) is 0 Å². The third-order valence-corrected chi connectivity index (χ3v) is 3.44. The molecular formula is C14H28N4O2. The number of aliphatic imine (C=N–C) groups is 1. The number of carbonyl (C=O) groups is 1. The lowest BCUT2D eigenvalue weighted by atomic mass is 9.95. The van der Waals surface area contributed by atoms with Gasteiger partial charge < -0.3 is 20.7 Å². The zero-order valence-corrected chi connectivity index (χ0v) is 12.7. The molecule has 3 N–H and O–H groups in total. The molecule has 0 radical (unpaired) electrons. The van der Waals surface area contributed by atoms with Gasteiger partial charge in [0, 0.05) is 39.7 Å². The summed E-state index contributed by atoms with van der Waals surface area (Å²) in [5, 5.41) is 9.33.